The number of amides is 1. The molecule has 1 amide bonds. The minimum atomic E-state index is -0.814. The van der Waals surface area contributed by atoms with Gasteiger partial charge in [-0.05, 0) is 6.92 Å². The van der Waals surface area contributed by atoms with E-state index in [0.29, 0.717) is 13.1 Å². The van der Waals surface area contributed by atoms with E-state index in [1.165, 1.54) is 15.5 Å². The molecule has 2 heterocycles. The smallest absolute Gasteiger partial charge is 0.407 e. The summed E-state index contributed by atoms with van der Waals surface area (Å²) in [5, 5.41) is 8.92. The molecule has 106 valence electrons. The van der Waals surface area contributed by atoms with Crippen LogP contribution in [0.15, 0.2) is 4.99 Å². The number of aromatic nitrogens is 1. The number of hydrogen-bond donors (Lipinski definition) is 1. The number of carbonyl (C=O) groups is 1. The predicted molar refractivity (Wildman–Crippen MR) is 74.4 cm³/mol. The summed E-state index contributed by atoms with van der Waals surface area (Å²) in [7, 11) is 3.83. The lowest BCUT2D eigenvalue weighted by atomic mass is 10.3. The molecule has 0 bridgehead atoms. The molecule has 1 aliphatic heterocycles. The first-order valence-electron chi connectivity index (χ1n) is 6.31. The van der Waals surface area contributed by atoms with Gasteiger partial charge in [-0.15, -0.1) is 11.3 Å². The fraction of sp³-hybridized carbons (Fsp3) is 0.667. The van der Waals surface area contributed by atoms with Crippen LogP contribution in [0.3, 0.4) is 0 Å². The average Bonchev–Trinajstić information content (AvgIpc) is 2.67. The predicted octanol–water partition coefficient (Wildman–Crippen LogP) is 0.721. The highest BCUT2D eigenvalue weighted by molar-refractivity contribution is 7.09. The quantitative estimate of drug-likeness (QED) is 0.870. The van der Waals surface area contributed by atoms with E-state index in [9.17, 15) is 4.79 Å². The van der Waals surface area contributed by atoms with Crippen molar-refractivity contribution in [1.82, 2.24) is 14.4 Å². The normalized spacial score (nSPS) is 18.1. The molecule has 1 N–H and O–H groups in total. The highest BCUT2D eigenvalue weighted by Crippen LogP contribution is 2.15. The second-order valence-electron chi connectivity index (χ2n) is 4.72. The van der Waals surface area contributed by atoms with E-state index in [1.54, 1.807) is 18.4 Å². The third kappa shape index (κ3) is 2.98. The average molecular weight is 284 g/mol. The summed E-state index contributed by atoms with van der Waals surface area (Å²) in [5.74, 6) is 0. The molecule has 7 heteroatoms. The van der Waals surface area contributed by atoms with Crippen molar-refractivity contribution in [2.75, 3.05) is 33.2 Å². The molecule has 0 atom stereocenters. The van der Waals surface area contributed by atoms with Gasteiger partial charge in [-0.25, -0.2) is 4.79 Å². The van der Waals surface area contributed by atoms with Crippen molar-refractivity contribution >= 4 is 17.4 Å². The fourth-order valence-corrected chi connectivity index (χ4v) is 3.34. The van der Waals surface area contributed by atoms with E-state index < -0.39 is 6.09 Å². The lowest BCUT2D eigenvalue weighted by Crippen LogP contribution is -2.47. The molecule has 0 radical (unpaired) electrons. The van der Waals surface area contributed by atoms with Crippen LogP contribution in [0.1, 0.15) is 10.6 Å². The molecular weight excluding hydrogens is 264 g/mol. The van der Waals surface area contributed by atoms with Crippen LogP contribution in [0.2, 0.25) is 0 Å². The van der Waals surface area contributed by atoms with E-state index in [-0.39, 0.29) is 0 Å². The van der Waals surface area contributed by atoms with Gasteiger partial charge < -0.3 is 14.6 Å². The zero-order chi connectivity index (χ0) is 14.0. The summed E-state index contributed by atoms with van der Waals surface area (Å²) in [6.45, 7) is 5.77. The van der Waals surface area contributed by atoms with Gasteiger partial charge in [0.15, 0.2) is 4.80 Å². The summed E-state index contributed by atoms with van der Waals surface area (Å²) < 4.78 is 2.10. The van der Waals surface area contributed by atoms with Gasteiger partial charge in [-0.3, -0.25) is 9.89 Å². The zero-order valence-electron chi connectivity index (χ0n) is 11.6. The Hall–Kier alpha value is -1.34. The van der Waals surface area contributed by atoms with Crippen LogP contribution in [0.4, 0.5) is 4.79 Å². The fourth-order valence-electron chi connectivity index (χ4n) is 2.23. The van der Waals surface area contributed by atoms with Crippen LogP contribution in [0.5, 0.6) is 0 Å². The van der Waals surface area contributed by atoms with Gasteiger partial charge in [0.05, 0.1) is 0 Å². The Bertz CT molecular complexity index is 526. The van der Waals surface area contributed by atoms with Crippen LogP contribution in [0.25, 0.3) is 0 Å². The summed E-state index contributed by atoms with van der Waals surface area (Å²) in [6, 6.07) is 0. The molecule has 1 aromatic heterocycles. The molecule has 0 aromatic carbocycles. The largest absolute Gasteiger partial charge is 0.465 e. The van der Waals surface area contributed by atoms with Crippen molar-refractivity contribution in [2.45, 2.75) is 13.5 Å². The van der Waals surface area contributed by atoms with E-state index in [0.717, 1.165) is 24.4 Å². The maximum atomic E-state index is 10.9. The molecule has 0 aliphatic carbocycles. The molecule has 0 saturated carbocycles. The molecule has 1 aromatic rings. The molecule has 6 nitrogen and oxygen atoms in total. The van der Waals surface area contributed by atoms with Gasteiger partial charge in [-0.1, -0.05) is 0 Å². The van der Waals surface area contributed by atoms with E-state index >= 15 is 0 Å². The van der Waals surface area contributed by atoms with Crippen molar-refractivity contribution in [3.05, 3.63) is 15.4 Å². The molecule has 0 unspecified atom stereocenters. The van der Waals surface area contributed by atoms with Crippen molar-refractivity contribution < 1.29 is 9.90 Å². The molecule has 1 fully saturated rings. The first kappa shape index (κ1) is 14.1. The van der Waals surface area contributed by atoms with Gasteiger partial charge in [0.2, 0.25) is 0 Å². The second kappa shape index (κ2) is 5.75. The number of hydrogen-bond acceptors (Lipinski definition) is 4. The van der Waals surface area contributed by atoms with E-state index in [1.807, 2.05) is 7.05 Å². The van der Waals surface area contributed by atoms with Crippen molar-refractivity contribution in [3.8, 4) is 0 Å². The van der Waals surface area contributed by atoms with Gasteiger partial charge in [0.1, 0.15) is 0 Å². The maximum Gasteiger partial charge on any atom is 0.407 e. The first-order chi connectivity index (χ1) is 9.02. The molecular formula is C12H20N4O2S. The van der Waals surface area contributed by atoms with Crippen molar-refractivity contribution in [2.24, 2.45) is 12.0 Å². The lowest BCUT2D eigenvalue weighted by Gasteiger charge is -2.32. The number of rotatable bonds is 2. The molecule has 1 saturated heterocycles. The lowest BCUT2D eigenvalue weighted by molar-refractivity contribution is 0.103. The van der Waals surface area contributed by atoms with Gasteiger partial charge in [0.25, 0.3) is 0 Å². The third-order valence-electron chi connectivity index (χ3n) is 3.61. The topological polar surface area (TPSA) is 61.1 Å². The summed E-state index contributed by atoms with van der Waals surface area (Å²) >= 11 is 1.71. The number of carboxylic acid groups (broad SMARTS) is 1. The molecule has 2 rings (SSSR count). The highest BCUT2D eigenvalue weighted by atomic mass is 32.1. The minimum absolute atomic E-state index is 0.594. The van der Waals surface area contributed by atoms with E-state index in [2.05, 4.69) is 21.4 Å². The maximum absolute atomic E-state index is 10.9. The Labute approximate surface area is 116 Å². The van der Waals surface area contributed by atoms with Crippen LogP contribution >= 0.6 is 11.3 Å². The third-order valence-corrected chi connectivity index (χ3v) is 4.92. The minimum Gasteiger partial charge on any atom is -0.465 e. The van der Waals surface area contributed by atoms with Crippen molar-refractivity contribution in [3.63, 3.8) is 0 Å². The highest BCUT2D eigenvalue weighted by Gasteiger charge is 2.21. The van der Waals surface area contributed by atoms with Crippen LogP contribution in [0, 0.1) is 6.92 Å². The van der Waals surface area contributed by atoms with Crippen molar-refractivity contribution in [1.29, 1.82) is 0 Å². The summed E-state index contributed by atoms with van der Waals surface area (Å²) in [4.78, 5) is 21.2. The van der Waals surface area contributed by atoms with Crippen LogP contribution in [-0.4, -0.2) is 58.8 Å². The van der Waals surface area contributed by atoms with Crippen LogP contribution < -0.4 is 4.80 Å². The van der Waals surface area contributed by atoms with E-state index in [4.69, 9.17) is 5.11 Å². The van der Waals surface area contributed by atoms with Crippen LogP contribution in [-0.2, 0) is 13.6 Å². The molecule has 1 aliphatic rings. The standard InChI is InChI=1S/C12H20N4O2S/c1-9-10(19-11(13-2)14(9)3)8-15-4-6-16(7-5-15)12(17)18/h4-8H2,1-3H3,(H,17,18)/b13-11-. The Morgan fingerprint density at radius 1 is 1.37 bits per heavy atom. The Morgan fingerprint density at radius 3 is 2.47 bits per heavy atom. The monoisotopic (exact) mass is 284 g/mol. The zero-order valence-corrected chi connectivity index (χ0v) is 12.4. The Morgan fingerprint density at radius 2 is 2.00 bits per heavy atom. The van der Waals surface area contributed by atoms with Gasteiger partial charge >= 0.3 is 6.09 Å². The Balaban J connectivity index is 2.02. The summed E-state index contributed by atoms with van der Waals surface area (Å²) in [5.41, 5.74) is 1.24. The SMILES string of the molecule is C/N=c1\sc(CN2CCN(C(=O)O)CC2)c(C)n1C. The molecule has 0 spiro atoms. The van der Waals surface area contributed by atoms with Gasteiger partial charge in [0, 0.05) is 57.4 Å². The summed E-state index contributed by atoms with van der Waals surface area (Å²) in [6.07, 6.45) is -0.814. The Kier molecular flexibility index (Phi) is 4.26. The number of thiazole rings is 1. The molecule has 19 heavy (non-hydrogen) atoms. The number of piperazine rings is 1. The van der Waals surface area contributed by atoms with Gasteiger partial charge in [-0.2, -0.15) is 0 Å². The second-order valence-corrected chi connectivity index (χ2v) is 5.78. The first-order valence-corrected chi connectivity index (χ1v) is 7.13. The number of nitrogens with zero attached hydrogens (tertiary/aromatic N) is 4.